The first-order chi connectivity index (χ1) is 19.3. The maximum Gasteiger partial charge on any atom is 0.303 e. The molecule has 0 unspecified atom stereocenters. The molecule has 1 fully saturated rings. The lowest BCUT2D eigenvalue weighted by atomic mass is 9.95. The van der Waals surface area contributed by atoms with Crippen molar-refractivity contribution in [2.24, 2.45) is 0 Å². The van der Waals surface area contributed by atoms with Gasteiger partial charge in [0.05, 0.1) is 0 Å². The first-order valence-electron chi connectivity index (χ1n) is 13.1. The quantitative estimate of drug-likeness (QED) is 0.247. The Morgan fingerprint density at radius 2 is 1.71 bits per heavy atom. The number of amides is 1. The van der Waals surface area contributed by atoms with Crippen LogP contribution in [0, 0.1) is 11.7 Å². The Morgan fingerprint density at radius 3 is 2.27 bits per heavy atom. The van der Waals surface area contributed by atoms with Crippen LogP contribution in [0.2, 0.25) is 0 Å². The third kappa shape index (κ3) is 8.13. The zero-order valence-corrected chi connectivity index (χ0v) is 24.9. The Bertz CT molecular complexity index is 1340. The molecule has 1 aromatic heterocycles. The Balaban J connectivity index is 2.11. The molecule has 1 saturated heterocycles. The Kier molecular flexibility index (Phi) is 10.6. The number of aryl methyl sites for hydroxylation is 1. The first-order valence-corrected chi connectivity index (χ1v) is 13.5. The number of carbonyl (C=O) groups excluding carboxylic acids is 4. The molecule has 13 nitrogen and oxygen atoms in total. The van der Waals surface area contributed by atoms with E-state index in [0.717, 1.165) is 5.56 Å². The summed E-state index contributed by atoms with van der Waals surface area (Å²) in [6.07, 6.45) is -4.71. The number of nitrogens with zero attached hydrogens (tertiary/aromatic N) is 3. The lowest BCUT2D eigenvalue weighted by Gasteiger charge is -2.45. The molecule has 1 aliphatic rings. The average molecular weight is 593 g/mol. The summed E-state index contributed by atoms with van der Waals surface area (Å²) in [5.74, 6) is -1.35. The highest BCUT2D eigenvalue weighted by Crippen LogP contribution is 2.33. The van der Waals surface area contributed by atoms with E-state index in [2.05, 4.69) is 5.32 Å². The summed E-state index contributed by atoms with van der Waals surface area (Å²) in [7, 11) is 0. The second-order valence-corrected chi connectivity index (χ2v) is 10.3. The topological polar surface area (TPSA) is 149 Å². The van der Waals surface area contributed by atoms with Gasteiger partial charge in [0.25, 0.3) is 0 Å². The fraction of sp³-hybridized carbons (Fsp3) is 0.556. The number of hydrogen-bond donors (Lipinski definition) is 1. The highest BCUT2D eigenvalue weighted by atomic mass is 32.1. The maximum absolute atomic E-state index is 12.3. The largest absolute Gasteiger partial charge is 0.486 e. The zero-order valence-electron chi connectivity index (χ0n) is 24.1. The van der Waals surface area contributed by atoms with E-state index < -0.39 is 54.4 Å². The van der Waals surface area contributed by atoms with Gasteiger partial charge in [0, 0.05) is 33.7 Å². The van der Waals surface area contributed by atoms with Crippen LogP contribution in [-0.2, 0) is 44.7 Å². The fourth-order valence-electron chi connectivity index (χ4n) is 4.59. The first kappa shape index (κ1) is 31.7. The van der Waals surface area contributed by atoms with E-state index in [1.165, 1.54) is 32.4 Å². The molecule has 0 aliphatic carbocycles. The smallest absolute Gasteiger partial charge is 0.303 e. The van der Waals surface area contributed by atoms with Gasteiger partial charge in [0.2, 0.25) is 10.7 Å². The van der Waals surface area contributed by atoms with Gasteiger partial charge in [-0.25, -0.2) is 4.68 Å². The van der Waals surface area contributed by atoms with Crippen LogP contribution in [-0.4, -0.2) is 69.1 Å². The van der Waals surface area contributed by atoms with E-state index in [0.29, 0.717) is 11.6 Å². The maximum atomic E-state index is 12.3. The van der Waals surface area contributed by atoms with Crippen molar-refractivity contribution in [2.45, 2.75) is 91.7 Å². The van der Waals surface area contributed by atoms with Crippen molar-refractivity contribution in [1.82, 2.24) is 19.7 Å². The summed E-state index contributed by atoms with van der Waals surface area (Å²) in [6, 6.07) is 6.32. The number of benzene rings is 1. The number of ether oxygens (including phenoxy) is 5. The van der Waals surface area contributed by atoms with Crippen molar-refractivity contribution < 1.29 is 42.9 Å². The number of hydrogen-bond acceptors (Lipinski definition) is 11. The standard InChI is InChI=1S/C27H36N4O9S/c1-14(2)30-22(13-37-20-10-8-9-15(3)11-20)29-31(27(30)41)26-23(28-16(4)32)25(39-19(7)35)24(38-18(6)34)21(40-26)12-36-17(5)33/h8-11,14,21,23-26H,12-13H2,1-7H3,(H,28,32)/t21-,23-,24-,25-,26-/m1/s1. The number of nitrogens with one attached hydrogen (secondary N) is 1. The van der Waals surface area contributed by atoms with Crippen molar-refractivity contribution in [1.29, 1.82) is 0 Å². The van der Waals surface area contributed by atoms with Crippen LogP contribution >= 0.6 is 12.2 Å². The zero-order chi connectivity index (χ0) is 30.4. The summed E-state index contributed by atoms with van der Waals surface area (Å²) < 4.78 is 31.9. The van der Waals surface area contributed by atoms with E-state index in [1.54, 1.807) is 4.57 Å². The second-order valence-electron chi connectivity index (χ2n) is 9.95. The molecule has 224 valence electrons. The van der Waals surface area contributed by atoms with E-state index in [9.17, 15) is 19.2 Å². The minimum absolute atomic E-state index is 0.0656. The summed E-state index contributed by atoms with van der Waals surface area (Å²) in [5, 5.41) is 7.43. The lowest BCUT2D eigenvalue weighted by Crippen LogP contribution is -2.64. The second kappa shape index (κ2) is 13.7. The van der Waals surface area contributed by atoms with E-state index >= 15 is 0 Å². The molecule has 1 N–H and O–H groups in total. The van der Waals surface area contributed by atoms with Crippen LogP contribution in [0.5, 0.6) is 5.75 Å². The molecule has 1 aliphatic heterocycles. The number of esters is 3. The van der Waals surface area contributed by atoms with Crippen LogP contribution in [0.4, 0.5) is 0 Å². The van der Waals surface area contributed by atoms with Crippen molar-refractivity contribution in [2.75, 3.05) is 6.61 Å². The molecule has 2 aromatic rings. The van der Waals surface area contributed by atoms with Crippen LogP contribution in [0.3, 0.4) is 0 Å². The SMILES string of the molecule is CC(=O)N[C@@H]1[C@@H](OC(C)=O)[C@H](OC(C)=O)[C@@H](COC(C)=O)O[C@H]1n1nc(COc2cccc(C)c2)n(C(C)C)c1=S. The van der Waals surface area contributed by atoms with Gasteiger partial charge in [-0.1, -0.05) is 12.1 Å². The predicted molar refractivity (Wildman–Crippen MR) is 146 cm³/mol. The van der Waals surface area contributed by atoms with Crippen LogP contribution in [0.25, 0.3) is 0 Å². The number of aromatic nitrogens is 3. The van der Waals surface area contributed by atoms with Gasteiger partial charge in [-0.15, -0.1) is 0 Å². The molecule has 0 spiro atoms. The number of rotatable bonds is 10. The Labute approximate surface area is 243 Å². The third-order valence-corrected chi connectivity index (χ3v) is 6.49. The molecule has 1 aromatic carbocycles. The summed E-state index contributed by atoms with van der Waals surface area (Å²) in [6.45, 7) is 10.4. The van der Waals surface area contributed by atoms with Gasteiger partial charge in [-0.05, 0) is 50.7 Å². The molecule has 0 bridgehead atoms. The van der Waals surface area contributed by atoms with Gasteiger partial charge in [0.1, 0.15) is 31.1 Å². The molecule has 3 rings (SSSR count). The summed E-state index contributed by atoms with van der Waals surface area (Å²) in [4.78, 5) is 48.2. The van der Waals surface area contributed by atoms with Crippen molar-refractivity contribution in [3.63, 3.8) is 0 Å². The molecule has 14 heteroatoms. The molecule has 0 saturated carbocycles. The minimum atomic E-state index is -1.24. The normalized spacial score (nSPS) is 22.1. The summed E-state index contributed by atoms with van der Waals surface area (Å²) >= 11 is 5.80. The van der Waals surface area contributed by atoms with E-state index in [4.69, 9.17) is 41.0 Å². The fourth-order valence-corrected chi connectivity index (χ4v) is 5.05. The third-order valence-electron chi connectivity index (χ3n) is 6.11. The van der Waals surface area contributed by atoms with Gasteiger partial charge in [0.15, 0.2) is 24.3 Å². The van der Waals surface area contributed by atoms with Crippen molar-refractivity contribution >= 4 is 36.0 Å². The number of carbonyl (C=O) groups is 4. The Morgan fingerprint density at radius 1 is 1.05 bits per heavy atom. The molecule has 0 radical (unpaired) electrons. The molecular weight excluding hydrogens is 556 g/mol. The van der Waals surface area contributed by atoms with E-state index in [-0.39, 0.29) is 24.0 Å². The monoisotopic (exact) mass is 592 g/mol. The van der Waals surface area contributed by atoms with Gasteiger partial charge in [-0.3, -0.25) is 23.7 Å². The van der Waals surface area contributed by atoms with Crippen molar-refractivity contribution in [3.05, 3.63) is 40.4 Å². The molecular formula is C27H36N4O9S. The van der Waals surface area contributed by atoms with Crippen molar-refractivity contribution in [3.8, 4) is 5.75 Å². The van der Waals surface area contributed by atoms with Gasteiger partial charge >= 0.3 is 17.9 Å². The molecule has 1 amide bonds. The molecule has 5 atom stereocenters. The Hall–Kier alpha value is -3.78. The highest BCUT2D eigenvalue weighted by molar-refractivity contribution is 7.71. The molecule has 2 heterocycles. The van der Waals surface area contributed by atoms with Crippen LogP contribution in [0.15, 0.2) is 24.3 Å². The van der Waals surface area contributed by atoms with E-state index in [1.807, 2.05) is 45.0 Å². The average Bonchev–Trinajstić information content (AvgIpc) is 3.19. The predicted octanol–water partition coefficient (Wildman–Crippen LogP) is 2.71. The van der Waals surface area contributed by atoms with Crippen LogP contribution < -0.4 is 10.1 Å². The molecule has 41 heavy (non-hydrogen) atoms. The minimum Gasteiger partial charge on any atom is -0.486 e. The lowest BCUT2D eigenvalue weighted by molar-refractivity contribution is -0.239. The van der Waals surface area contributed by atoms with Gasteiger partial charge < -0.3 is 29.0 Å². The summed E-state index contributed by atoms with van der Waals surface area (Å²) in [5.41, 5.74) is 1.03. The van der Waals surface area contributed by atoms with Gasteiger partial charge in [-0.2, -0.15) is 5.10 Å². The highest BCUT2D eigenvalue weighted by Gasteiger charge is 2.52. The van der Waals surface area contributed by atoms with Crippen LogP contribution in [0.1, 0.15) is 65.2 Å².